The molecule has 0 amide bonds. The predicted molar refractivity (Wildman–Crippen MR) is 132 cm³/mol. The number of carbonyl (C=O) groups excluding carboxylic acids is 1. The summed E-state index contributed by atoms with van der Waals surface area (Å²) in [5.41, 5.74) is 2.05. The van der Waals surface area contributed by atoms with E-state index >= 15 is 0 Å². The summed E-state index contributed by atoms with van der Waals surface area (Å²) >= 11 is 5.98. The lowest BCUT2D eigenvalue weighted by atomic mass is 9.99. The molecule has 0 aliphatic carbocycles. The van der Waals surface area contributed by atoms with Crippen LogP contribution in [-0.4, -0.2) is 59.3 Å². The van der Waals surface area contributed by atoms with Gasteiger partial charge in [-0.15, -0.1) is 0 Å². The standard InChI is InChI=1S/C25H31ClN4O4/c1-5-33-20-13-16(12-17-6-9-25(2,3)34-22(17)20)15-30-10-7-18(8-11-30)27-21-14-19(23(31)32-4)28-24(26)29-21/h6,9,12-14,18H,5,7-8,10-11,15H2,1-4H3,(H,27,28,29). The molecule has 2 aliphatic rings. The van der Waals surface area contributed by atoms with Gasteiger partial charge in [-0.2, -0.15) is 0 Å². The van der Waals surface area contributed by atoms with E-state index < -0.39 is 5.97 Å². The highest BCUT2D eigenvalue weighted by Gasteiger charge is 2.26. The monoisotopic (exact) mass is 486 g/mol. The van der Waals surface area contributed by atoms with Gasteiger partial charge in [0.05, 0.1) is 13.7 Å². The molecule has 0 radical (unpaired) electrons. The molecule has 0 saturated carbocycles. The fraction of sp³-hybridized carbons (Fsp3) is 0.480. The zero-order chi connectivity index (χ0) is 24.3. The molecule has 2 aliphatic heterocycles. The number of anilines is 1. The molecule has 0 spiro atoms. The zero-order valence-corrected chi connectivity index (χ0v) is 20.8. The molecular weight excluding hydrogens is 456 g/mol. The Labute approximate surface area is 205 Å². The number of nitrogens with one attached hydrogen (secondary N) is 1. The van der Waals surface area contributed by atoms with Crippen LogP contribution in [0.2, 0.25) is 5.28 Å². The molecule has 0 atom stereocenters. The van der Waals surface area contributed by atoms with Gasteiger partial charge in [0.25, 0.3) is 0 Å². The molecule has 8 nitrogen and oxygen atoms in total. The summed E-state index contributed by atoms with van der Waals surface area (Å²) in [4.78, 5) is 22.3. The van der Waals surface area contributed by atoms with Crippen LogP contribution in [0.5, 0.6) is 11.5 Å². The first-order valence-electron chi connectivity index (χ1n) is 11.6. The number of halogens is 1. The second-order valence-electron chi connectivity index (χ2n) is 9.08. The van der Waals surface area contributed by atoms with Gasteiger partial charge in [0.15, 0.2) is 17.2 Å². The number of nitrogens with zero attached hydrogens (tertiary/aromatic N) is 3. The largest absolute Gasteiger partial charge is 0.490 e. The van der Waals surface area contributed by atoms with E-state index in [2.05, 4.69) is 44.5 Å². The topological polar surface area (TPSA) is 85.8 Å². The normalized spacial score (nSPS) is 17.6. The Morgan fingerprint density at radius 2 is 2.03 bits per heavy atom. The van der Waals surface area contributed by atoms with E-state index in [0.717, 1.165) is 49.5 Å². The maximum absolute atomic E-state index is 11.8. The van der Waals surface area contributed by atoms with Crippen LogP contribution in [0.25, 0.3) is 6.08 Å². The Kier molecular flexibility index (Phi) is 7.28. The number of piperidine rings is 1. The summed E-state index contributed by atoms with van der Waals surface area (Å²) in [6.07, 6.45) is 6.08. The van der Waals surface area contributed by atoms with Crippen LogP contribution in [0.15, 0.2) is 24.3 Å². The number of rotatable bonds is 7. The number of carbonyl (C=O) groups is 1. The van der Waals surface area contributed by atoms with Gasteiger partial charge in [0, 0.05) is 37.3 Å². The summed E-state index contributed by atoms with van der Waals surface area (Å²) in [6.45, 7) is 9.36. The van der Waals surface area contributed by atoms with Gasteiger partial charge in [-0.1, -0.05) is 6.08 Å². The molecule has 182 valence electrons. The number of methoxy groups -OCH3 is 1. The fourth-order valence-corrected chi connectivity index (χ4v) is 4.44. The number of aromatic nitrogens is 2. The van der Waals surface area contributed by atoms with E-state index in [0.29, 0.717) is 12.4 Å². The molecule has 1 N–H and O–H groups in total. The fourth-order valence-electron chi connectivity index (χ4n) is 4.26. The van der Waals surface area contributed by atoms with E-state index in [1.807, 2.05) is 20.8 Å². The highest BCUT2D eigenvalue weighted by Crippen LogP contribution is 2.40. The maximum Gasteiger partial charge on any atom is 0.356 e. The number of ether oxygens (including phenoxy) is 3. The van der Waals surface area contributed by atoms with Gasteiger partial charge in [0.1, 0.15) is 11.4 Å². The second kappa shape index (κ2) is 10.2. The third kappa shape index (κ3) is 5.80. The molecule has 1 fully saturated rings. The summed E-state index contributed by atoms with van der Waals surface area (Å²) in [6, 6.07) is 6.09. The lowest BCUT2D eigenvalue weighted by Gasteiger charge is -2.33. The van der Waals surface area contributed by atoms with E-state index in [9.17, 15) is 4.79 Å². The van der Waals surface area contributed by atoms with Crippen LogP contribution in [0.3, 0.4) is 0 Å². The van der Waals surface area contributed by atoms with Crippen molar-refractivity contribution < 1.29 is 19.0 Å². The molecule has 34 heavy (non-hydrogen) atoms. The Bertz CT molecular complexity index is 1080. The first-order valence-corrected chi connectivity index (χ1v) is 11.9. The van der Waals surface area contributed by atoms with E-state index in [4.69, 9.17) is 25.8 Å². The molecule has 9 heteroatoms. The van der Waals surface area contributed by atoms with Gasteiger partial charge < -0.3 is 19.5 Å². The first-order chi connectivity index (χ1) is 16.3. The van der Waals surface area contributed by atoms with Crippen LogP contribution in [-0.2, 0) is 11.3 Å². The average molecular weight is 487 g/mol. The molecule has 0 unspecified atom stereocenters. The minimum atomic E-state index is -0.539. The van der Waals surface area contributed by atoms with Crippen molar-refractivity contribution in [2.75, 3.05) is 32.1 Å². The third-order valence-electron chi connectivity index (χ3n) is 5.91. The van der Waals surface area contributed by atoms with Crippen molar-refractivity contribution in [1.82, 2.24) is 14.9 Å². The van der Waals surface area contributed by atoms with Crippen LogP contribution in [0.4, 0.5) is 5.82 Å². The SMILES string of the molecule is CCOc1cc(CN2CCC(Nc3cc(C(=O)OC)nc(Cl)n3)CC2)cc2c1OC(C)(C)C=C2. The number of esters is 1. The number of hydrogen-bond donors (Lipinski definition) is 1. The van der Waals surface area contributed by atoms with Crippen LogP contribution >= 0.6 is 11.6 Å². The first kappa shape index (κ1) is 24.3. The Morgan fingerprint density at radius 3 is 2.74 bits per heavy atom. The minimum Gasteiger partial charge on any atom is -0.490 e. The van der Waals surface area contributed by atoms with Crippen molar-refractivity contribution in [3.63, 3.8) is 0 Å². The molecule has 1 aromatic heterocycles. The van der Waals surface area contributed by atoms with Gasteiger partial charge in [0.2, 0.25) is 5.28 Å². The van der Waals surface area contributed by atoms with Gasteiger partial charge >= 0.3 is 5.97 Å². The second-order valence-corrected chi connectivity index (χ2v) is 9.42. The summed E-state index contributed by atoms with van der Waals surface area (Å²) in [5, 5.41) is 3.40. The van der Waals surface area contributed by atoms with Crippen molar-refractivity contribution in [2.24, 2.45) is 0 Å². The smallest absolute Gasteiger partial charge is 0.356 e. The van der Waals surface area contributed by atoms with Crippen molar-refractivity contribution in [3.8, 4) is 11.5 Å². The van der Waals surface area contributed by atoms with Gasteiger partial charge in [-0.3, -0.25) is 4.90 Å². The Balaban J connectivity index is 1.39. The Morgan fingerprint density at radius 1 is 1.26 bits per heavy atom. The summed E-state index contributed by atoms with van der Waals surface area (Å²) in [7, 11) is 1.31. The highest BCUT2D eigenvalue weighted by atomic mass is 35.5. The van der Waals surface area contributed by atoms with Crippen molar-refractivity contribution in [2.45, 2.75) is 51.8 Å². The van der Waals surface area contributed by atoms with E-state index in [1.165, 1.54) is 12.7 Å². The van der Waals surface area contributed by atoms with Crippen molar-refractivity contribution in [1.29, 1.82) is 0 Å². The quantitative estimate of drug-likeness (QED) is 0.449. The van der Waals surface area contributed by atoms with E-state index in [-0.39, 0.29) is 22.6 Å². The summed E-state index contributed by atoms with van der Waals surface area (Å²) in [5.74, 6) is 1.61. The van der Waals surface area contributed by atoms with Gasteiger partial charge in [-0.05, 0) is 69.0 Å². The molecule has 0 bridgehead atoms. The molecular formula is C25H31ClN4O4. The van der Waals surface area contributed by atoms with Crippen molar-refractivity contribution >= 4 is 29.5 Å². The summed E-state index contributed by atoms with van der Waals surface area (Å²) < 4.78 is 16.8. The minimum absolute atomic E-state index is 0.0155. The van der Waals surface area contributed by atoms with E-state index in [1.54, 1.807) is 6.07 Å². The highest BCUT2D eigenvalue weighted by molar-refractivity contribution is 6.28. The number of likely N-dealkylation sites (tertiary alicyclic amines) is 1. The van der Waals surface area contributed by atoms with Crippen molar-refractivity contribution in [3.05, 3.63) is 46.4 Å². The molecule has 4 rings (SSSR count). The van der Waals surface area contributed by atoms with Crippen LogP contribution < -0.4 is 14.8 Å². The van der Waals surface area contributed by atoms with Gasteiger partial charge in [-0.25, -0.2) is 14.8 Å². The maximum atomic E-state index is 11.8. The lowest BCUT2D eigenvalue weighted by Crippen LogP contribution is -2.38. The Hall–Kier alpha value is -2.84. The van der Waals surface area contributed by atoms with Crippen LogP contribution in [0, 0.1) is 0 Å². The number of benzene rings is 1. The molecule has 2 aromatic rings. The average Bonchev–Trinajstić information content (AvgIpc) is 2.80. The lowest BCUT2D eigenvalue weighted by molar-refractivity contribution is 0.0594. The number of hydrogen-bond acceptors (Lipinski definition) is 8. The molecule has 3 heterocycles. The van der Waals surface area contributed by atoms with Crippen LogP contribution in [0.1, 0.15) is 55.2 Å². The number of fused-ring (bicyclic) bond motifs is 1. The predicted octanol–water partition coefficient (Wildman–Crippen LogP) is 4.58. The third-order valence-corrected chi connectivity index (χ3v) is 6.08. The molecule has 1 aromatic carbocycles. The zero-order valence-electron chi connectivity index (χ0n) is 20.1. The molecule has 1 saturated heterocycles.